The van der Waals surface area contributed by atoms with Gasteiger partial charge in [-0.15, -0.1) is 5.10 Å². The van der Waals surface area contributed by atoms with Crippen LogP contribution in [-0.2, 0) is 9.59 Å². The van der Waals surface area contributed by atoms with Crippen LogP contribution in [0.4, 0.5) is 0 Å². The van der Waals surface area contributed by atoms with Crippen LogP contribution in [0, 0.1) is 6.92 Å². The van der Waals surface area contributed by atoms with Gasteiger partial charge in [0, 0.05) is 0 Å². The molecular formula is C11H19N7O4S. The number of H-pyrrole nitrogens is 1. The Morgan fingerprint density at radius 1 is 1.30 bits per heavy atom. The number of hydrogen-bond acceptors (Lipinski definition) is 7. The maximum absolute atomic E-state index is 11.5. The highest BCUT2D eigenvalue weighted by Crippen LogP contribution is 2.26. The first-order valence-corrected chi connectivity index (χ1v) is 7.44. The van der Waals surface area contributed by atoms with Crippen LogP contribution in [0.3, 0.4) is 0 Å². The lowest BCUT2D eigenvalue weighted by atomic mass is 10.0. The number of carboxylic acid groups (broad SMARTS) is 2. The molecular weight excluding hydrogens is 326 g/mol. The number of thioether (sulfide) groups is 1. The number of aliphatic carboxylic acids is 2. The fourth-order valence-corrected chi connectivity index (χ4v) is 2.70. The Balaban J connectivity index is 2.91. The number of carbonyl (C=O) groups is 2. The Kier molecular flexibility index (Phi) is 6.78. The topological polar surface area (TPSA) is 207 Å². The summed E-state index contributed by atoms with van der Waals surface area (Å²) in [5, 5.41) is 23.8. The van der Waals surface area contributed by atoms with Crippen LogP contribution in [0.5, 0.6) is 0 Å². The van der Waals surface area contributed by atoms with E-state index in [0.717, 1.165) is 11.8 Å². The van der Waals surface area contributed by atoms with Crippen LogP contribution < -0.4 is 17.2 Å². The van der Waals surface area contributed by atoms with Crippen molar-refractivity contribution in [1.29, 1.82) is 0 Å². The molecule has 1 rings (SSSR count). The van der Waals surface area contributed by atoms with Crippen molar-refractivity contribution in [2.75, 3.05) is 0 Å². The first kappa shape index (κ1) is 18.7. The van der Waals surface area contributed by atoms with Gasteiger partial charge in [0.05, 0.1) is 6.04 Å². The number of hydrogen-bond donors (Lipinski definition) is 6. The van der Waals surface area contributed by atoms with Crippen molar-refractivity contribution < 1.29 is 19.8 Å². The summed E-state index contributed by atoms with van der Waals surface area (Å²) in [6.07, 6.45) is 0.104. The molecule has 0 amide bonds. The molecule has 0 saturated carbocycles. The van der Waals surface area contributed by atoms with Crippen molar-refractivity contribution in [1.82, 2.24) is 15.2 Å². The smallest absolute Gasteiger partial charge is 0.320 e. The normalized spacial score (nSPS) is 14.7. The number of aryl methyl sites for hydroxylation is 1. The third-order valence-corrected chi connectivity index (χ3v) is 3.97. The molecule has 0 radical (unpaired) electrons. The zero-order valence-corrected chi connectivity index (χ0v) is 13.2. The van der Waals surface area contributed by atoms with E-state index in [9.17, 15) is 14.7 Å². The summed E-state index contributed by atoms with van der Waals surface area (Å²) in [6.45, 7) is 1.67. The minimum atomic E-state index is -1.18. The number of nitrogens with zero attached hydrogens (tertiary/aromatic N) is 3. The van der Waals surface area contributed by atoms with E-state index in [2.05, 4.69) is 20.2 Å². The standard InChI is InChI=1S/C11H19N7O4S/c1-4-15-11(18-17-4)23-7(9(21)22)6(16-10(13)14)3-2-5(12)8(19)20/h5-7H,2-3,12H2,1H3,(H,19,20)(H,21,22)(H4,13,14,16)(H,15,17,18)/t5-,6?,7?/m0/s1. The molecule has 0 saturated heterocycles. The zero-order chi connectivity index (χ0) is 17.6. The molecule has 0 aliphatic carbocycles. The molecule has 12 heteroatoms. The molecule has 0 bridgehead atoms. The molecule has 23 heavy (non-hydrogen) atoms. The summed E-state index contributed by atoms with van der Waals surface area (Å²) in [5.41, 5.74) is 16.1. The number of rotatable bonds is 9. The average molecular weight is 345 g/mol. The second-order valence-corrected chi connectivity index (χ2v) is 5.83. The molecule has 11 nitrogen and oxygen atoms in total. The largest absolute Gasteiger partial charge is 0.480 e. The molecule has 0 aliphatic rings. The van der Waals surface area contributed by atoms with Crippen molar-refractivity contribution in [2.45, 2.75) is 42.3 Å². The van der Waals surface area contributed by atoms with Crippen molar-refractivity contribution >= 4 is 29.7 Å². The maximum atomic E-state index is 11.5. The second kappa shape index (κ2) is 8.33. The van der Waals surface area contributed by atoms with Crippen LogP contribution in [0.1, 0.15) is 18.7 Å². The Hall–Kier alpha value is -2.34. The van der Waals surface area contributed by atoms with E-state index in [4.69, 9.17) is 22.3 Å². The van der Waals surface area contributed by atoms with E-state index in [-0.39, 0.29) is 24.0 Å². The fourth-order valence-electron chi connectivity index (χ4n) is 1.73. The molecule has 3 atom stereocenters. The third kappa shape index (κ3) is 6.12. The second-order valence-electron chi connectivity index (χ2n) is 4.72. The van der Waals surface area contributed by atoms with Crippen LogP contribution >= 0.6 is 11.8 Å². The number of aromatic amines is 1. The lowest BCUT2D eigenvalue weighted by Gasteiger charge is -2.20. The van der Waals surface area contributed by atoms with Gasteiger partial charge in [-0.2, -0.15) is 0 Å². The summed E-state index contributed by atoms with van der Waals surface area (Å²) in [7, 11) is 0. The van der Waals surface area contributed by atoms with E-state index in [1.54, 1.807) is 6.92 Å². The number of nitrogens with one attached hydrogen (secondary N) is 1. The number of carboxylic acids is 2. The highest BCUT2D eigenvalue weighted by molar-refractivity contribution is 8.00. The van der Waals surface area contributed by atoms with Gasteiger partial charge in [0.15, 0.2) is 5.96 Å². The molecule has 9 N–H and O–H groups in total. The van der Waals surface area contributed by atoms with Gasteiger partial charge < -0.3 is 27.4 Å². The highest BCUT2D eigenvalue weighted by Gasteiger charge is 2.31. The molecule has 1 aromatic rings. The van der Waals surface area contributed by atoms with E-state index in [0.29, 0.717) is 5.82 Å². The van der Waals surface area contributed by atoms with Gasteiger partial charge in [0.1, 0.15) is 17.1 Å². The van der Waals surface area contributed by atoms with Gasteiger partial charge in [-0.3, -0.25) is 14.7 Å². The maximum Gasteiger partial charge on any atom is 0.320 e. The Morgan fingerprint density at radius 3 is 2.39 bits per heavy atom. The quantitative estimate of drug-likeness (QED) is 0.173. The number of guanidine groups is 1. The predicted molar refractivity (Wildman–Crippen MR) is 82.8 cm³/mol. The van der Waals surface area contributed by atoms with Gasteiger partial charge in [-0.05, 0) is 19.8 Å². The number of aromatic nitrogens is 3. The molecule has 2 unspecified atom stereocenters. The molecule has 1 aromatic heterocycles. The van der Waals surface area contributed by atoms with Gasteiger partial charge in [-0.25, -0.2) is 9.98 Å². The van der Waals surface area contributed by atoms with E-state index < -0.39 is 29.3 Å². The van der Waals surface area contributed by atoms with Gasteiger partial charge in [0.2, 0.25) is 5.16 Å². The van der Waals surface area contributed by atoms with Crippen molar-refractivity contribution in [2.24, 2.45) is 22.2 Å². The number of nitrogens with two attached hydrogens (primary N) is 3. The molecule has 1 heterocycles. The molecule has 0 aromatic carbocycles. The van der Waals surface area contributed by atoms with Crippen LogP contribution in [0.2, 0.25) is 0 Å². The van der Waals surface area contributed by atoms with Crippen molar-refractivity contribution in [3.63, 3.8) is 0 Å². The highest BCUT2D eigenvalue weighted by atomic mass is 32.2. The van der Waals surface area contributed by atoms with E-state index in [1.165, 1.54) is 0 Å². The summed E-state index contributed by atoms with van der Waals surface area (Å²) < 4.78 is 0. The Labute approximate surface area is 135 Å². The van der Waals surface area contributed by atoms with Gasteiger partial charge in [0.25, 0.3) is 0 Å². The van der Waals surface area contributed by atoms with E-state index >= 15 is 0 Å². The van der Waals surface area contributed by atoms with Crippen LogP contribution in [-0.4, -0.2) is 60.6 Å². The predicted octanol–water partition coefficient (Wildman–Crippen LogP) is -1.51. The lowest BCUT2D eigenvalue weighted by molar-refractivity contribution is -0.138. The SMILES string of the molecule is Cc1nc(SC(C(=O)O)C(CC[C@H](N)C(=O)O)N=C(N)N)n[nH]1. The fraction of sp³-hybridized carbons (Fsp3) is 0.545. The van der Waals surface area contributed by atoms with Crippen LogP contribution in [0.25, 0.3) is 0 Å². The monoisotopic (exact) mass is 345 g/mol. The minimum absolute atomic E-state index is 0.0220. The number of aliphatic imine (C=N–C) groups is 1. The Morgan fingerprint density at radius 2 is 1.96 bits per heavy atom. The minimum Gasteiger partial charge on any atom is -0.480 e. The third-order valence-electron chi connectivity index (χ3n) is 2.81. The summed E-state index contributed by atoms with van der Waals surface area (Å²) in [6, 6.07) is -2.00. The summed E-state index contributed by atoms with van der Waals surface area (Å²) in [4.78, 5) is 30.2. The van der Waals surface area contributed by atoms with Crippen LogP contribution in [0.15, 0.2) is 10.1 Å². The van der Waals surface area contributed by atoms with Crippen molar-refractivity contribution in [3.8, 4) is 0 Å². The zero-order valence-electron chi connectivity index (χ0n) is 12.3. The molecule has 0 aliphatic heterocycles. The lowest BCUT2D eigenvalue weighted by Crippen LogP contribution is -2.37. The van der Waals surface area contributed by atoms with Gasteiger partial charge in [-0.1, -0.05) is 11.8 Å². The van der Waals surface area contributed by atoms with Crippen molar-refractivity contribution in [3.05, 3.63) is 5.82 Å². The molecule has 0 fully saturated rings. The summed E-state index contributed by atoms with van der Waals surface area (Å²) in [5.74, 6) is -2.12. The first-order chi connectivity index (χ1) is 10.7. The first-order valence-electron chi connectivity index (χ1n) is 6.56. The van der Waals surface area contributed by atoms with E-state index in [1.807, 2.05) is 0 Å². The average Bonchev–Trinajstić information content (AvgIpc) is 2.85. The Bertz CT molecular complexity index is 587. The van der Waals surface area contributed by atoms with Gasteiger partial charge >= 0.3 is 11.9 Å². The summed E-state index contributed by atoms with van der Waals surface area (Å²) >= 11 is 0.868. The molecule has 0 spiro atoms. The molecule has 128 valence electrons.